The number of allylic oxidation sites excluding steroid dienone is 4. The van der Waals surface area contributed by atoms with Gasteiger partial charge in [0.1, 0.15) is 11.9 Å². The van der Waals surface area contributed by atoms with Gasteiger partial charge in [-0.15, -0.1) is 0 Å². The van der Waals surface area contributed by atoms with Crippen molar-refractivity contribution in [1.29, 1.82) is 0 Å². The molecule has 4 aliphatic rings. The van der Waals surface area contributed by atoms with E-state index in [0.717, 1.165) is 30.6 Å². The molecule has 146 valence electrons. The number of carbonyl (C=O) groups is 1. The fourth-order valence-corrected chi connectivity index (χ4v) is 6.22. The van der Waals surface area contributed by atoms with Crippen molar-refractivity contribution >= 4 is 16.6 Å². The Balaban J connectivity index is 1.38. The van der Waals surface area contributed by atoms with Crippen molar-refractivity contribution < 1.29 is 9.53 Å². The SMILES string of the molecule is C[C@]12C=CC3=CC4=C(CCCC4=O)O[C@H]3[C@@H]1CC[C@@H]2c1ccc2ccccc2c1. The summed E-state index contributed by atoms with van der Waals surface area (Å²) in [7, 11) is 0. The number of ketones is 1. The van der Waals surface area contributed by atoms with Crippen LogP contribution in [0.25, 0.3) is 10.8 Å². The van der Waals surface area contributed by atoms with Gasteiger partial charge in [0.25, 0.3) is 0 Å². The zero-order valence-corrected chi connectivity index (χ0v) is 16.9. The van der Waals surface area contributed by atoms with Gasteiger partial charge in [0, 0.05) is 18.8 Å². The molecule has 0 spiro atoms. The van der Waals surface area contributed by atoms with E-state index in [4.69, 9.17) is 4.74 Å². The number of Topliss-reactive ketones (excluding diaryl/α,β-unsaturated/α-hetero) is 1. The quantitative estimate of drug-likeness (QED) is 0.583. The summed E-state index contributed by atoms with van der Waals surface area (Å²) >= 11 is 0. The van der Waals surface area contributed by atoms with E-state index in [1.807, 2.05) is 0 Å². The largest absolute Gasteiger partial charge is 0.489 e. The standard InChI is InChI=1S/C27H26O2/c1-27-14-13-20-16-21-24(28)7-4-8-25(21)29-26(20)23(27)12-11-22(27)19-10-9-17-5-2-3-6-18(17)15-19/h2-3,5-6,9-10,13-16,22-23,26H,4,7-8,11-12H2,1H3/t22-,23+,26-,27-/m1/s1. The maximum absolute atomic E-state index is 12.3. The van der Waals surface area contributed by atoms with Gasteiger partial charge < -0.3 is 4.74 Å². The van der Waals surface area contributed by atoms with Crippen LogP contribution in [0.3, 0.4) is 0 Å². The zero-order chi connectivity index (χ0) is 19.6. The Morgan fingerprint density at radius 1 is 1.03 bits per heavy atom. The fourth-order valence-electron chi connectivity index (χ4n) is 6.22. The number of ether oxygens (including phenoxy) is 1. The molecule has 0 N–H and O–H groups in total. The van der Waals surface area contributed by atoms with Gasteiger partial charge in [-0.2, -0.15) is 0 Å². The van der Waals surface area contributed by atoms with E-state index in [-0.39, 0.29) is 17.3 Å². The Morgan fingerprint density at radius 2 is 1.90 bits per heavy atom. The third-order valence-electron chi connectivity index (χ3n) is 7.81. The summed E-state index contributed by atoms with van der Waals surface area (Å²) in [6.45, 7) is 2.41. The highest BCUT2D eigenvalue weighted by Crippen LogP contribution is 2.59. The Labute approximate surface area is 172 Å². The average molecular weight is 383 g/mol. The molecule has 4 atom stereocenters. The molecule has 1 saturated carbocycles. The number of hydrogen-bond acceptors (Lipinski definition) is 2. The van der Waals surface area contributed by atoms with Gasteiger partial charge in [-0.1, -0.05) is 61.5 Å². The van der Waals surface area contributed by atoms with E-state index < -0.39 is 0 Å². The fraction of sp³-hybridized carbons (Fsp3) is 0.370. The first kappa shape index (κ1) is 17.3. The summed E-state index contributed by atoms with van der Waals surface area (Å²) in [5, 5.41) is 2.62. The molecular formula is C27H26O2. The second-order valence-electron chi connectivity index (χ2n) is 9.34. The minimum Gasteiger partial charge on any atom is -0.489 e. The first-order valence-electron chi connectivity index (χ1n) is 11.0. The molecule has 2 aromatic rings. The third kappa shape index (κ3) is 2.51. The van der Waals surface area contributed by atoms with Crippen LogP contribution in [0.5, 0.6) is 0 Å². The van der Waals surface area contributed by atoms with Crippen LogP contribution in [-0.4, -0.2) is 11.9 Å². The predicted octanol–water partition coefficient (Wildman–Crippen LogP) is 6.24. The Morgan fingerprint density at radius 3 is 2.79 bits per heavy atom. The van der Waals surface area contributed by atoms with E-state index in [0.29, 0.717) is 18.3 Å². The summed E-state index contributed by atoms with van der Waals surface area (Å²) in [5.41, 5.74) is 3.55. The molecular weight excluding hydrogens is 356 g/mol. The Hall–Kier alpha value is -2.61. The second kappa shape index (κ2) is 6.19. The highest BCUT2D eigenvalue weighted by Gasteiger charge is 2.53. The highest BCUT2D eigenvalue weighted by molar-refractivity contribution is 5.99. The molecule has 0 radical (unpaired) electrons. The van der Waals surface area contributed by atoms with Gasteiger partial charge >= 0.3 is 0 Å². The van der Waals surface area contributed by atoms with Crippen molar-refractivity contribution in [3.05, 3.63) is 83.2 Å². The van der Waals surface area contributed by atoms with Crippen molar-refractivity contribution in [3.8, 4) is 0 Å². The van der Waals surface area contributed by atoms with Crippen LogP contribution in [-0.2, 0) is 9.53 Å². The molecule has 0 amide bonds. The van der Waals surface area contributed by atoms with Gasteiger partial charge in [0.05, 0.1) is 5.57 Å². The highest BCUT2D eigenvalue weighted by atomic mass is 16.5. The van der Waals surface area contributed by atoms with Crippen LogP contribution in [0.15, 0.2) is 77.6 Å². The van der Waals surface area contributed by atoms with Gasteiger partial charge in [0.2, 0.25) is 0 Å². The molecule has 2 aromatic carbocycles. The van der Waals surface area contributed by atoms with Gasteiger partial charge in [-0.05, 0) is 58.6 Å². The molecule has 2 heteroatoms. The Kier molecular flexibility index (Phi) is 3.69. The molecule has 1 heterocycles. The van der Waals surface area contributed by atoms with Crippen LogP contribution in [0.2, 0.25) is 0 Å². The predicted molar refractivity (Wildman–Crippen MR) is 116 cm³/mol. The molecule has 0 saturated heterocycles. The molecule has 2 nitrogen and oxygen atoms in total. The summed E-state index contributed by atoms with van der Waals surface area (Å²) in [6, 6.07) is 15.6. The molecule has 0 bridgehead atoms. The van der Waals surface area contributed by atoms with Gasteiger partial charge in [0.15, 0.2) is 5.78 Å². The van der Waals surface area contributed by atoms with E-state index in [9.17, 15) is 4.79 Å². The number of rotatable bonds is 1. The van der Waals surface area contributed by atoms with Crippen LogP contribution in [0, 0.1) is 11.3 Å². The van der Waals surface area contributed by atoms with Crippen LogP contribution < -0.4 is 0 Å². The molecule has 0 aromatic heterocycles. The lowest BCUT2D eigenvalue weighted by atomic mass is 9.64. The van der Waals surface area contributed by atoms with Crippen molar-refractivity contribution in [2.75, 3.05) is 0 Å². The number of carbonyl (C=O) groups excluding carboxylic acids is 1. The van der Waals surface area contributed by atoms with Crippen molar-refractivity contribution in [2.24, 2.45) is 11.3 Å². The summed E-state index contributed by atoms with van der Waals surface area (Å²) in [6.07, 6.45) is 11.7. The average Bonchev–Trinajstić information content (AvgIpc) is 3.10. The van der Waals surface area contributed by atoms with Crippen molar-refractivity contribution in [1.82, 2.24) is 0 Å². The maximum atomic E-state index is 12.3. The van der Waals surface area contributed by atoms with E-state index in [2.05, 4.69) is 67.6 Å². The van der Waals surface area contributed by atoms with Crippen LogP contribution >= 0.6 is 0 Å². The summed E-state index contributed by atoms with van der Waals surface area (Å²) < 4.78 is 6.54. The van der Waals surface area contributed by atoms with Crippen LogP contribution in [0.1, 0.15) is 50.5 Å². The number of hydrogen-bond donors (Lipinski definition) is 0. The van der Waals surface area contributed by atoms with Crippen molar-refractivity contribution in [2.45, 2.75) is 51.0 Å². The first-order chi connectivity index (χ1) is 14.1. The third-order valence-corrected chi connectivity index (χ3v) is 7.81. The lowest BCUT2D eigenvalue weighted by Crippen LogP contribution is -2.40. The second-order valence-corrected chi connectivity index (χ2v) is 9.34. The molecule has 1 fully saturated rings. The summed E-state index contributed by atoms with van der Waals surface area (Å²) in [5.74, 6) is 2.16. The molecule has 0 unspecified atom stereocenters. The summed E-state index contributed by atoms with van der Waals surface area (Å²) in [4.78, 5) is 12.3. The van der Waals surface area contributed by atoms with E-state index in [1.165, 1.54) is 28.3 Å². The molecule has 3 aliphatic carbocycles. The van der Waals surface area contributed by atoms with E-state index >= 15 is 0 Å². The van der Waals surface area contributed by atoms with Crippen LogP contribution in [0.4, 0.5) is 0 Å². The van der Waals surface area contributed by atoms with Gasteiger partial charge in [-0.3, -0.25) is 4.79 Å². The Bertz CT molecular complexity index is 1120. The normalized spacial score (nSPS) is 33.1. The topological polar surface area (TPSA) is 26.3 Å². The molecule has 29 heavy (non-hydrogen) atoms. The number of benzene rings is 2. The molecule has 1 aliphatic heterocycles. The smallest absolute Gasteiger partial charge is 0.166 e. The minimum absolute atomic E-state index is 0.0845. The van der Waals surface area contributed by atoms with Gasteiger partial charge in [-0.25, -0.2) is 0 Å². The number of fused-ring (bicyclic) bond motifs is 4. The lowest BCUT2D eigenvalue weighted by Gasteiger charge is -2.44. The minimum atomic E-state index is 0.0845. The van der Waals surface area contributed by atoms with Crippen molar-refractivity contribution in [3.63, 3.8) is 0 Å². The maximum Gasteiger partial charge on any atom is 0.166 e. The monoisotopic (exact) mass is 382 g/mol. The zero-order valence-electron chi connectivity index (χ0n) is 16.9. The first-order valence-corrected chi connectivity index (χ1v) is 11.0. The van der Waals surface area contributed by atoms with E-state index in [1.54, 1.807) is 0 Å². The lowest BCUT2D eigenvalue weighted by molar-refractivity contribution is -0.116. The molecule has 6 rings (SSSR count).